The van der Waals surface area contributed by atoms with Gasteiger partial charge >= 0.3 is 0 Å². The van der Waals surface area contributed by atoms with Crippen molar-refractivity contribution in [1.82, 2.24) is 0 Å². The molecule has 1 atom stereocenters. The third kappa shape index (κ3) is 3.23. The molecule has 2 rings (SSSR count). The van der Waals surface area contributed by atoms with Crippen molar-refractivity contribution >= 4 is 0 Å². The molecule has 0 heterocycles. The lowest BCUT2D eigenvalue weighted by atomic mass is 9.95. The SMILES string of the molecule is [2H]/C(=C1/CC1Cc1ccccc1)C(C)(C)C. The topological polar surface area (TPSA) is 0 Å². The van der Waals surface area contributed by atoms with Crippen molar-refractivity contribution in [2.45, 2.75) is 33.6 Å². The minimum atomic E-state index is 0.0147. The highest BCUT2D eigenvalue weighted by atomic mass is 14.3. The molecule has 0 spiro atoms. The van der Waals surface area contributed by atoms with E-state index in [0.717, 1.165) is 18.9 Å². The van der Waals surface area contributed by atoms with Crippen LogP contribution in [-0.2, 0) is 6.42 Å². The Morgan fingerprint density at radius 3 is 2.60 bits per heavy atom. The second-order valence-corrected chi connectivity index (χ2v) is 5.49. The van der Waals surface area contributed by atoms with E-state index in [1.807, 2.05) is 0 Å². The van der Waals surface area contributed by atoms with Crippen LogP contribution in [0.3, 0.4) is 0 Å². The van der Waals surface area contributed by atoms with E-state index in [1.165, 1.54) is 11.1 Å². The van der Waals surface area contributed by atoms with E-state index in [1.54, 1.807) is 0 Å². The molecule has 0 saturated heterocycles. The molecule has 0 N–H and O–H groups in total. The quantitative estimate of drug-likeness (QED) is 0.628. The van der Waals surface area contributed by atoms with Gasteiger partial charge in [0.2, 0.25) is 0 Å². The molecule has 0 heteroatoms. The molecule has 0 nitrogen and oxygen atoms in total. The lowest BCUT2D eigenvalue weighted by Crippen LogP contribution is -1.98. The van der Waals surface area contributed by atoms with E-state index < -0.39 is 0 Å². The molecule has 15 heavy (non-hydrogen) atoms. The van der Waals surface area contributed by atoms with Crippen molar-refractivity contribution in [1.29, 1.82) is 0 Å². The molecule has 1 aromatic carbocycles. The molecule has 80 valence electrons. The molecule has 1 fully saturated rings. The van der Waals surface area contributed by atoms with Crippen LogP contribution in [0.2, 0.25) is 0 Å². The number of rotatable bonds is 2. The normalized spacial score (nSPS) is 24.7. The fraction of sp³-hybridized carbons (Fsp3) is 0.467. The van der Waals surface area contributed by atoms with E-state index in [2.05, 4.69) is 51.1 Å². The van der Waals surface area contributed by atoms with Crippen molar-refractivity contribution in [3.8, 4) is 0 Å². The van der Waals surface area contributed by atoms with Crippen molar-refractivity contribution in [3.63, 3.8) is 0 Å². The second kappa shape index (κ2) is 3.84. The lowest BCUT2D eigenvalue weighted by Gasteiger charge is -2.10. The number of benzene rings is 1. The molecule has 0 bridgehead atoms. The fourth-order valence-electron chi connectivity index (χ4n) is 1.94. The van der Waals surface area contributed by atoms with E-state index in [9.17, 15) is 0 Å². The first-order valence-electron chi connectivity index (χ1n) is 6.22. The van der Waals surface area contributed by atoms with E-state index in [0.29, 0.717) is 5.92 Å². The minimum absolute atomic E-state index is 0.0147. The zero-order valence-electron chi connectivity index (χ0n) is 10.9. The van der Waals surface area contributed by atoms with E-state index in [-0.39, 0.29) is 5.41 Å². The standard InChI is InChI=1S/C15H20/c1-15(2,3)11-14-10-13(14)9-12-7-5-4-6-8-12/h4-8,11,13H,9-10H2,1-3H3/b14-11+/i11D. The van der Waals surface area contributed by atoms with Crippen molar-refractivity contribution in [2.75, 3.05) is 0 Å². The van der Waals surface area contributed by atoms with Crippen LogP contribution < -0.4 is 0 Å². The molecular formula is C15H20. The highest BCUT2D eigenvalue weighted by molar-refractivity contribution is 5.29. The highest BCUT2D eigenvalue weighted by Crippen LogP contribution is 2.42. The summed E-state index contributed by atoms with van der Waals surface area (Å²) in [5.41, 5.74) is 2.78. The molecule has 0 aromatic heterocycles. The van der Waals surface area contributed by atoms with Gasteiger partial charge in [-0.15, -0.1) is 0 Å². The molecule has 1 unspecified atom stereocenters. The van der Waals surface area contributed by atoms with Gasteiger partial charge in [0.25, 0.3) is 0 Å². The third-order valence-corrected chi connectivity index (χ3v) is 2.66. The molecule has 1 aliphatic rings. The Balaban J connectivity index is 2.03. The third-order valence-electron chi connectivity index (χ3n) is 2.66. The van der Waals surface area contributed by atoms with Crippen molar-refractivity contribution in [3.05, 3.63) is 47.5 Å². The Labute approximate surface area is 94.4 Å². The summed E-state index contributed by atoms with van der Waals surface area (Å²) < 4.78 is 8.12. The summed E-state index contributed by atoms with van der Waals surface area (Å²) in [7, 11) is 0. The minimum Gasteiger partial charge on any atom is -0.0796 e. The van der Waals surface area contributed by atoms with Gasteiger partial charge in [-0.25, -0.2) is 0 Å². The van der Waals surface area contributed by atoms with Crippen molar-refractivity contribution < 1.29 is 1.37 Å². The Morgan fingerprint density at radius 2 is 2.00 bits per heavy atom. The van der Waals surface area contributed by atoms with Crippen LogP contribution in [0.15, 0.2) is 42.0 Å². The molecule has 0 amide bonds. The second-order valence-electron chi connectivity index (χ2n) is 5.49. The number of hydrogen-bond acceptors (Lipinski definition) is 0. The maximum atomic E-state index is 8.12. The van der Waals surface area contributed by atoms with Crippen LogP contribution >= 0.6 is 0 Å². The molecule has 0 aliphatic heterocycles. The summed E-state index contributed by atoms with van der Waals surface area (Å²) in [6, 6.07) is 11.4. The van der Waals surface area contributed by atoms with Crippen LogP contribution in [0.5, 0.6) is 0 Å². The molecule has 0 radical (unpaired) electrons. The Kier molecular flexibility index (Phi) is 2.36. The van der Waals surface area contributed by atoms with Crippen molar-refractivity contribution in [2.24, 2.45) is 11.3 Å². The maximum Gasteiger partial charge on any atom is 0.0581 e. The van der Waals surface area contributed by atoms with E-state index >= 15 is 0 Å². The van der Waals surface area contributed by atoms with Gasteiger partial charge in [0.1, 0.15) is 0 Å². The number of hydrogen-bond donors (Lipinski definition) is 0. The smallest absolute Gasteiger partial charge is 0.0581 e. The monoisotopic (exact) mass is 201 g/mol. The summed E-state index contributed by atoms with van der Waals surface area (Å²) in [5.74, 6) is 0.633. The van der Waals surface area contributed by atoms with Crippen LogP contribution in [-0.4, -0.2) is 0 Å². The van der Waals surface area contributed by atoms with Gasteiger partial charge in [-0.3, -0.25) is 0 Å². The first-order chi connectivity index (χ1) is 7.48. The van der Waals surface area contributed by atoms with Crippen LogP contribution in [0.4, 0.5) is 0 Å². The Hall–Kier alpha value is -1.04. The molecular weight excluding hydrogens is 180 g/mol. The summed E-state index contributed by atoms with van der Waals surface area (Å²) >= 11 is 0. The summed E-state index contributed by atoms with van der Waals surface area (Å²) in [5, 5.41) is 0. The zero-order valence-corrected chi connectivity index (χ0v) is 9.88. The van der Waals surface area contributed by atoms with Gasteiger partial charge in [0, 0.05) is 0 Å². The average Bonchev–Trinajstić information content (AvgIpc) is 2.96. The van der Waals surface area contributed by atoms with Crippen LogP contribution in [0.1, 0.15) is 34.1 Å². The molecule has 1 aromatic rings. The van der Waals surface area contributed by atoms with Gasteiger partial charge < -0.3 is 0 Å². The Morgan fingerprint density at radius 1 is 1.33 bits per heavy atom. The highest BCUT2D eigenvalue weighted by Gasteiger charge is 2.30. The first kappa shape index (κ1) is 9.21. The fourth-order valence-corrected chi connectivity index (χ4v) is 1.94. The summed E-state index contributed by atoms with van der Waals surface area (Å²) in [6.45, 7) is 6.38. The molecule has 1 aliphatic carbocycles. The lowest BCUT2D eigenvalue weighted by molar-refractivity contribution is 0.541. The predicted molar refractivity (Wildman–Crippen MR) is 65.8 cm³/mol. The van der Waals surface area contributed by atoms with Gasteiger partial charge in [0.05, 0.1) is 1.37 Å². The maximum absolute atomic E-state index is 8.12. The number of allylic oxidation sites excluding steroid dienone is 2. The average molecular weight is 201 g/mol. The largest absolute Gasteiger partial charge is 0.0796 e. The van der Waals surface area contributed by atoms with Gasteiger partial charge in [-0.1, -0.05) is 62.7 Å². The van der Waals surface area contributed by atoms with Gasteiger partial charge in [-0.05, 0) is 29.7 Å². The van der Waals surface area contributed by atoms with Gasteiger partial charge in [0.15, 0.2) is 0 Å². The van der Waals surface area contributed by atoms with Gasteiger partial charge in [-0.2, -0.15) is 0 Å². The zero-order chi connectivity index (χ0) is 11.8. The Bertz CT molecular complexity index is 395. The summed E-state index contributed by atoms with van der Waals surface area (Å²) in [4.78, 5) is 0. The first-order valence-corrected chi connectivity index (χ1v) is 5.72. The van der Waals surface area contributed by atoms with Crippen LogP contribution in [0, 0.1) is 11.3 Å². The predicted octanol–water partition coefficient (Wildman–Crippen LogP) is 4.22. The van der Waals surface area contributed by atoms with Crippen LogP contribution in [0.25, 0.3) is 0 Å². The van der Waals surface area contributed by atoms with E-state index in [4.69, 9.17) is 1.37 Å². The summed E-state index contributed by atoms with van der Waals surface area (Å²) in [6.07, 6.45) is 2.24. The molecule has 1 saturated carbocycles.